The first-order chi connectivity index (χ1) is 11.8. The zero-order chi connectivity index (χ0) is 16.4. The summed E-state index contributed by atoms with van der Waals surface area (Å²) in [7, 11) is 2.09. The lowest BCUT2D eigenvalue weighted by molar-refractivity contribution is 0.388. The van der Waals surface area contributed by atoms with E-state index in [1.54, 1.807) is 6.33 Å². The van der Waals surface area contributed by atoms with Crippen LogP contribution in [0.4, 0.5) is 5.82 Å². The Balaban J connectivity index is 1.39. The van der Waals surface area contributed by atoms with E-state index in [1.807, 2.05) is 16.8 Å². The van der Waals surface area contributed by atoms with Crippen LogP contribution in [-0.2, 0) is 13.6 Å². The average molecular weight is 325 g/mol. The molecule has 3 aromatic heterocycles. The summed E-state index contributed by atoms with van der Waals surface area (Å²) in [4.78, 5) is 6.90. The van der Waals surface area contributed by atoms with Crippen LogP contribution in [0.25, 0.3) is 5.65 Å². The van der Waals surface area contributed by atoms with Crippen LogP contribution in [0.5, 0.6) is 0 Å². The summed E-state index contributed by atoms with van der Waals surface area (Å²) < 4.78 is 4.09. The number of hydrogen-bond acceptors (Lipinski definition) is 5. The van der Waals surface area contributed by atoms with Crippen molar-refractivity contribution in [2.45, 2.75) is 19.4 Å². The van der Waals surface area contributed by atoms with Gasteiger partial charge < -0.3 is 14.8 Å². The molecule has 0 aliphatic carbocycles. The van der Waals surface area contributed by atoms with Gasteiger partial charge in [-0.25, -0.2) is 4.98 Å². The highest BCUT2D eigenvalue weighted by atomic mass is 15.3. The minimum Gasteiger partial charge on any atom is -0.353 e. The number of aromatic nitrogens is 5. The zero-order valence-corrected chi connectivity index (χ0v) is 14.0. The van der Waals surface area contributed by atoms with Gasteiger partial charge in [0.05, 0.1) is 0 Å². The predicted octanol–water partition coefficient (Wildman–Crippen LogP) is 1.47. The van der Waals surface area contributed by atoms with Crippen molar-refractivity contribution in [3.63, 3.8) is 0 Å². The van der Waals surface area contributed by atoms with Crippen LogP contribution in [0.15, 0.2) is 37.1 Å². The molecule has 0 amide bonds. The largest absolute Gasteiger partial charge is 0.353 e. The predicted molar refractivity (Wildman–Crippen MR) is 92.8 cm³/mol. The maximum atomic E-state index is 4.55. The molecule has 7 nitrogen and oxygen atoms in total. The van der Waals surface area contributed by atoms with Crippen LogP contribution in [0.2, 0.25) is 0 Å². The second-order valence-electron chi connectivity index (χ2n) is 6.51. The lowest BCUT2D eigenvalue weighted by Crippen LogP contribution is -2.40. The standard InChI is InChI=1S/C17H23N7/c1-22-7-3-5-15(22)11-18-10-14-4-2-8-23(12-14)16-17-21-20-13-24(17)9-6-19-16/h3,5-7,9,13-14,18H,2,4,8,10-12H2,1H3/t14-/m0/s1. The number of fused-ring (bicyclic) bond motifs is 1. The van der Waals surface area contributed by atoms with Crippen LogP contribution in [0.1, 0.15) is 18.5 Å². The molecule has 4 rings (SSSR count). The second kappa shape index (κ2) is 6.60. The highest BCUT2D eigenvalue weighted by Gasteiger charge is 2.23. The Morgan fingerprint density at radius 3 is 3.17 bits per heavy atom. The number of hydrogen-bond donors (Lipinski definition) is 1. The first kappa shape index (κ1) is 15.1. The molecule has 4 heterocycles. The van der Waals surface area contributed by atoms with Crippen molar-refractivity contribution in [3.8, 4) is 0 Å². The number of nitrogens with zero attached hydrogens (tertiary/aromatic N) is 6. The minimum absolute atomic E-state index is 0.629. The van der Waals surface area contributed by atoms with E-state index in [0.29, 0.717) is 5.92 Å². The number of piperidine rings is 1. The van der Waals surface area contributed by atoms with E-state index in [1.165, 1.54) is 18.5 Å². The van der Waals surface area contributed by atoms with Crippen molar-refractivity contribution in [3.05, 3.63) is 42.7 Å². The summed E-state index contributed by atoms with van der Waals surface area (Å²) in [5, 5.41) is 11.8. The number of aryl methyl sites for hydroxylation is 1. The van der Waals surface area contributed by atoms with Crippen molar-refractivity contribution in [1.29, 1.82) is 0 Å². The van der Waals surface area contributed by atoms with Crippen LogP contribution in [0.3, 0.4) is 0 Å². The smallest absolute Gasteiger partial charge is 0.203 e. The van der Waals surface area contributed by atoms with Gasteiger partial charge >= 0.3 is 0 Å². The molecular formula is C17H23N7. The molecule has 3 aromatic rings. The Bertz CT molecular complexity index is 806. The first-order valence-electron chi connectivity index (χ1n) is 8.51. The molecular weight excluding hydrogens is 302 g/mol. The molecule has 126 valence electrons. The number of rotatable bonds is 5. The third kappa shape index (κ3) is 2.99. The van der Waals surface area contributed by atoms with Gasteiger partial charge in [-0.1, -0.05) is 0 Å². The van der Waals surface area contributed by atoms with Gasteiger partial charge in [0.25, 0.3) is 0 Å². The normalized spacial score (nSPS) is 18.4. The van der Waals surface area contributed by atoms with Gasteiger partial charge in [0.2, 0.25) is 5.65 Å². The fourth-order valence-corrected chi connectivity index (χ4v) is 3.48. The molecule has 1 aliphatic rings. The lowest BCUT2D eigenvalue weighted by Gasteiger charge is -2.33. The molecule has 7 heteroatoms. The molecule has 1 saturated heterocycles. The molecule has 0 unspecified atom stereocenters. The van der Waals surface area contributed by atoms with Crippen LogP contribution in [0, 0.1) is 5.92 Å². The molecule has 0 bridgehead atoms. The van der Waals surface area contributed by atoms with Crippen LogP contribution < -0.4 is 10.2 Å². The lowest BCUT2D eigenvalue weighted by atomic mass is 9.98. The molecule has 0 spiro atoms. The molecule has 0 aromatic carbocycles. The Morgan fingerprint density at radius 1 is 1.33 bits per heavy atom. The Hall–Kier alpha value is -2.41. The summed E-state index contributed by atoms with van der Waals surface area (Å²) in [6, 6.07) is 4.25. The monoisotopic (exact) mass is 325 g/mol. The van der Waals surface area contributed by atoms with Gasteiger partial charge in [-0.2, -0.15) is 0 Å². The van der Waals surface area contributed by atoms with E-state index in [9.17, 15) is 0 Å². The van der Waals surface area contributed by atoms with E-state index in [4.69, 9.17) is 0 Å². The summed E-state index contributed by atoms with van der Waals surface area (Å²) in [6.07, 6.45) is 9.97. The molecule has 0 radical (unpaired) electrons. The van der Waals surface area contributed by atoms with Gasteiger partial charge in [-0.3, -0.25) is 4.40 Å². The maximum absolute atomic E-state index is 4.55. The van der Waals surface area contributed by atoms with Gasteiger partial charge in [0.15, 0.2) is 5.82 Å². The van der Waals surface area contributed by atoms with Crippen LogP contribution >= 0.6 is 0 Å². The van der Waals surface area contributed by atoms with Gasteiger partial charge in [0, 0.05) is 57.5 Å². The topological polar surface area (TPSA) is 63.3 Å². The summed E-state index contributed by atoms with van der Waals surface area (Å²) in [6.45, 7) is 3.99. The van der Waals surface area contributed by atoms with E-state index in [-0.39, 0.29) is 0 Å². The number of nitrogens with one attached hydrogen (secondary N) is 1. The minimum atomic E-state index is 0.629. The van der Waals surface area contributed by atoms with Gasteiger partial charge in [-0.15, -0.1) is 10.2 Å². The summed E-state index contributed by atoms with van der Waals surface area (Å²) in [5.41, 5.74) is 2.16. The van der Waals surface area contributed by atoms with E-state index >= 15 is 0 Å². The Kier molecular flexibility index (Phi) is 4.17. The third-order valence-corrected chi connectivity index (χ3v) is 4.81. The first-order valence-corrected chi connectivity index (χ1v) is 8.51. The molecule has 1 N–H and O–H groups in total. The van der Waals surface area contributed by atoms with Crippen molar-refractivity contribution < 1.29 is 0 Å². The van der Waals surface area contributed by atoms with Crippen molar-refractivity contribution in [2.75, 3.05) is 24.5 Å². The molecule has 1 fully saturated rings. The van der Waals surface area contributed by atoms with Gasteiger partial charge in [-0.05, 0) is 30.9 Å². The molecule has 1 atom stereocenters. The zero-order valence-electron chi connectivity index (χ0n) is 14.0. The van der Waals surface area contributed by atoms with Crippen molar-refractivity contribution in [2.24, 2.45) is 13.0 Å². The fourth-order valence-electron chi connectivity index (χ4n) is 3.48. The highest BCUT2D eigenvalue weighted by molar-refractivity contribution is 5.63. The molecule has 24 heavy (non-hydrogen) atoms. The quantitative estimate of drug-likeness (QED) is 0.770. The SMILES string of the molecule is Cn1cccc1CNC[C@@H]1CCCN(c2nccn3cnnc23)C1. The average Bonchev–Trinajstić information content (AvgIpc) is 3.24. The Morgan fingerprint density at radius 2 is 2.29 bits per heavy atom. The summed E-state index contributed by atoms with van der Waals surface area (Å²) in [5.74, 6) is 1.58. The second-order valence-corrected chi connectivity index (χ2v) is 6.51. The summed E-state index contributed by atoms with van der Waals surface area (Å²) >= 11 is 0. The van der Waals surface area contributed by atoms with E-state index in [0.717, 1.165) is 37.6 Å². The van der Waals surface area contributed by atoms with Gasteiger partial charge in [0.1, 0.15) is 6.33 Å². The molecule has 0 saturated carbocycles. The Labute approximate surface area is 141 Å². The molecule has 1 aliphatic heterocycles. The highest BCUT2D eigenvalue weighted by Crippen LogP contribution is 2.23. The van der Waals surface area contributed by atoms with E-state index < -0.39 is 0 Å². The third-order valence-electron chi connectivity index (χ3n) is 4.81. The maximum Gasteiger partial charge on any atom is 0.203 e. The van der Waals surface area contributed by atoms with E-state index in [2.05, 4.69) is 55.3 Å². The van der Waals surface area contributed by atoms with Crippen molar-refractivity contribution in [1.82, 2.24) is 29.5 Å². The van der Waals surface area contributed by atoms with Crippen molar-refractivity contribution >= 4 is 11.5 Å². The fraction of sp³-hybridized carbons (Fsp3) is 0.471. The number of anilines is 1. The van der Waals surface area contributed by atoms with Crippen LogP contribution in [-0.4, -0.2) is 43.8 Å².